The number of ether oxygens (including phenoxy) is 1. The maximum atomic E-state index is 12.0. The van der Waals surface area contributed by atoms with Gasteiger partial charge in [0.25, 0.3) is 11.6 Å². The Labute approximate surface area is 142 Å². The lowest BCUT2D eigenvalue weighted by Crippen LogP contribution is -2.21. The third-order valence-electron chi connectivity index (χ3n) is 3.38. The van der Waals surface area contributed by atoms with Crippen molar-refractivity contribution in [1.82, 2.24) is 0 Å². The number of carbonyl (C=O) groups excluding carboxylic acids is 2. The quantitative estimate of drug-likeness (QED) is 0.507. The Morgan fingerprint density at radius 3 is 2.64 bits per heavy atom. The Morgan fingerprint density at radius 1 is 1.24 bits per heavy atom. The highest BCUT2D eigenvalue weighted by atomic mass is 16.6. The second-order valence-electron chi connectivity index (χ2n) is 4.99. The summed E-state index contributed by atoms with van der Waals surface area (Å²) in [5.74, 6) is -1.47. The molecule has 8 heteroatoms. The van der Waals surface area contributed by atoms with Gasteiger partial charge < -0.3 is 10.1 Å². The highest BCUT2D eigenvalue weighted by Crippen LogP contribution is 2.21. The van der Waals surface area contributed by atoms with Gasteiger partial charge in [0.15, 0.2) is 6.61 Å². The summed E-state index contributed by atoms with van der Waals surface area (Å²) in [6, 6.07) is 12.3. The number of amides is 1. The van der Waals surface area contributed by atoms with Crippen molar-refractivity contribution >= 4 is 23.3 Å². The summed E-state index contributed by atoms with van der Waals surface area (Å²) in [5.41, 5.74) is 0.545. The van der Waals surface area contributed by atoms with E-state index in [4.69, 9.17) is 10.00 Å². The molecule has 2 rings (SSSR count). The number of nitrogens with one attached hydrogen (secondary N) is 1. The minimum Gasteiger partial charge on any atom is -0.452 e. The molecule has 0 saturated heterocycles. The molecule has 0 saturated carbocycles. The number of esters is 1. The number of rotatable bonds is 5. The van der Waals surface area contributed by atoms with Crippen LogP contribution in [-0.2, 0) is 9.53 Å². The standard InChI is InChI=1S/C17H13N3O5/c1-11-13(6-4-8-15(11)20(23)24)17(22)25-10-16(21)19-14-7-3-2-5-12(14)9-18/h2-8H,10H2,1H3,(H,19,21). The topological polar surface area (TPSA) is 122 Å². The van der Waals surface area contributed by atoms with Gasteiger partial charge in [0.05, 0.1) is 21.7 Å². The molecule has 2 aromatic rings. The molecule has 0 aliphatic heterocycles. The maximum Gasteiger partial charge on any atom is 0.339 e. The highest BCUT2D eigenvalue weighted by Gasteiger charge is 2.19. The van der Waals surface area contributed by atoms with E-state index in [1.54, 1.807) is 18.2 Å². The third-order valence-corrected chi connectivity index (χ3v) is 3.38. The van der Waals surface area contributed by atoms with Gasteiger partial charge in [-0.25, -0.2) is 4.79 Å². The molecule has 1 N–H and O–H groups in total. The fourth-order valence-electron chi connectivity index (χ4n) is 2.13. The summed E-state index contributed by atoms with van der Waals surface area (Å²) in [4.78, 5) is 34.2. The van der Waals surface area contributed by atoms with E-state index in [1.165, 1.54) is 31.2 Å². The van der Waals surface area contributed by atoms with E-state index in [1.807, 2.05) is 6.07 Å². The number of nitrogens with zero attached hydrogens (tertiary/aromatic N) is 2. The van der Waals surface area contributed by atoms with Gasteiger partial charge in [0.2, 0.25) is 0 Å². The molecule has 0 spiro atoms. The molecule has 0 unspecified atom stereocenters. The van der Waals surface area contributed by atoms with E-state index in [9.17, 15) is 19.7 Å². The van der Waals surface area contributed by atoms with Gasteiger partial charge in [-0.05, 0) is 25.1 Å². The van der Waals surface area contributed by atoms with Gasteiger partial charge in [0, 0.05) is 11.6 Å². The SMILES string of the molecule is Cc1c(C(=O)OCC(=O)Nc2ccccc2C#N)cccc1[N+](=O)[O-]. The fourth-order valence-corrected chi connectivity index (χ4v) is 2.13. The molecule has 0 aromatic heterocycles. The molecule has 126 valence electrons. The van der Waals surface area contributed by atoms with Crippen molar-refractivity contribution in [3.8, 4) is 6.07 Å². The van der Waals surface area contributed by atoms with Crippen molar-refractivity contribution < 1.29 is 19.2 Å². The highest BCUT2D eigenvalue weighted by molar-refractivity contribution is 5.97. The molecular formula is C17H13N3O5. The number of carbonyl (C=O) groups is 2. The van der Waals surface area contributed by atoms with E-state index in [2.05, 4.69) is 5.32 Å². The van der Waals surface area contributed by atoms with E-state index in [0.29, 0.717) is 5.69 Å². The number of nitro benzene ring substituents is 1. The van der Waals surface area contributed by atoms with Crippen molar-refractivity contribution in [3.05, 3.63) is 69.3 Å². The number of nitriles is 1. The van der Waals surface area contributed by atoms with Gasteiger partial charge in [-0.15, -0.1) is 0 Å². The van der Waals surface area contributed by atoms with Gasteiger partial charge in [0.1, 0.15) is 6.07 Å². The van der Waals surface area contributed by atoms with Crippen LogP contribution in [0.25, 0.3) is 0 Å². The Balaban J connectivity index is 2.03. The molecule has 0 aliphatic rings. The third kappa shape index (κ3) is 4.17. The van der Waals surface area contributed by atoms with Crippen molar-refractivity contribution in [2.45, 2.75) is 6.92 Å². The zero-order valence-corrected chi connectivity index (χ0v) is 13.2. The van der Waals surface area contributed by atoms with Crippen LogP contribution in [0, 0.1) is 28.4 Å². The summed E-state index contributed by atoms with van der Waals surface area (Å²) >= 11 is 0. The number of nitro groups is 1. The lowest BCUT2D eigenvalue weighted by molar-refractivity contribution is -0.385. The number of benzene rings is 2. The zero-order chi connectivity index (χ0) is 18.4. The number of hydrogen-bond donors (Lipinski definition) is 1. The van der Waals surface area contributed by atoms with Crippen LogP contribution in [0.2, 0.25) is 0 Å². The van der Waals surface area contributed by atoms with E-state index < -0.39 is 23.4 Å². The lowest BCUT2D eigenvalue weighted by atomic mass is 10.1. The van der Waals surface area contributed by atoms with Gasteiger partial charge in [-0.3, -0.25) is 14.9 Å². The van der Waals surface area contributed by atoms with E-state index in [-0.39, 0.29) is 22.4 Å². The zero-order valence-electron chi connectivity index (χ0n) is 13.2. The first-order valence-electron chi connectivity index (χ1n) is 7.14. The fraction of sp³-hybridized carbons (Fsp3) is 0.118. The molecule has 0 bridgehead atoms. The maximum absolute atomic E-state index is 12.0. The number of para-hydroxylation sites is 1. The Hall–Kier alpha value is -3.73. The molecule has 0 atom stereocenters. The summed E-state index contributed by atoms with van der Waals surface area (Å²) in [6.45, 7) is 0.846. The monoisotopic (exact) mass is 339 g/mol. The van der Waals surface area contributed by atoms with Crippen molar-refractivity contribution in [2.75, 3.05) is 11.9 Å². The second-order valence-corrected chi connectivity index (χ2v) is 4.99. The van der Waals surface area contributed by atoms with Crippen LogP contribution in [-0.4, -0.2) is 23.4 Å². The van der Waals surface area contributed by atoms with Crippen LogP contribution in [0.15, 0.2) is 42.5 Å². The number of hydrogen-bond acceptors (Lipinski definition) is 6. The van der Waals surface area contributed by atoms with Gasteiger partial charge in [-0.1, -0.05) is 18.2 Å². The minimum absolute atomic E-state index is 0.0134. The van der Waals surface area contributed by atoms with Gasteiger partial charge in [-0.2, -0.15) is 5.26 Å². The first-order valence-corrected chi connectivity index (χ1v) is 7.14. The normalized spacial score (nSPS) is 9.76. The molecule has 25 heavy (non-hydrogen) atoms. The molecule has 0 fully saturated rings. The smallest absolute Gasteiger partial charge is 0.339 e. The predicted molar refractivity (Wildman–Crippen MR) is 87.9 cm³/mol. The summed E-state index contributed by atoms with van der Waals surface area (Å²) < 4.78 is 4.89. The molecule has 0 radical (unpaired) electrons. The molecular weight excluding hydrogens is 326 g/mol. The minimum atomic E-state index is -0.843. The predicted octanol–water partition coefficient (Wildman–Crippen LogP) is 2.57. The van der Waals surface area contributed by atoms with E-state index >= 15 is 0 Å². The van der Waals surface area contributed by atoms with Crippen LogP contribution >= 0.6 is 0 Å². The molecule has 0 heterocycles. The van der Waals surface area contributed by atoms with Crippen LogP contribution in [0.5, 0.6) is 0 Å². The van der Waals surface area contributed by atoms with Crippen LogP contribution in [0.4, 0.5) is 11.4 Å². The average molecular weight is 339 g/mol. The van der Waals surface area contributed by atoms with Gasteiger partial charge >= 0.3 is 5.97 Å². The molecule has 1 amide bonds. The number of anilines is 1. The second kappa shape index (κ2) is 7.70. The Morgan fingerprint density at radius 2 is 1.96 bits per heavy atom. The summed E-state index contributed by atoms with van der Waals surface area (Å²) in [5, 5.41) is 22.3. The summed E-state index contributed by atoms with van der Waals surface area (Å²) in [7, 11) is 0. The van der Waals surface area contributed by atoms with Crippen LogP contribution in [0.3, 0.4) is 0 Å². The first kappa shape index (κ1) is 17.6. The van der Waals surface area contributed by atoms with Crippen LogP contribution in [0.1, 0.15) is 21.5 Å². The summed E-state index contributed by atoms with van der Waals surface area (Å²) in [6.07, 6.45) is 0. The molecule has 8 nitrogen and oxygen atoms in total. The Bertz CT molecular complexity index is 886. The average Bonchev–Trinajstić information content (AvgIpc) is 2.60. The van der Waals surface area contributed by atoms with E-state index in [0.717, 1.165) is 0 Å². The Kier molecular flexibility index (Phi) is 5.43. The first-order chi connectivity index (χ1) is 11.9. The molecule has 2 aromatic carbocycles. The van der Waals surface area contributed by atoms with Crippen LogP contribution < -0.4 is 5.32 Å². The largest absolute Gasteiger partial charge is 0.452 e. The lowest BCUT2D eigenvalue weighted by Gasteiger charge is -2.09. The van der Waals surface area contributed by atoms with Crippen molar-refractivity contribution in [3.63, 3.8) is 0 Å². The van der Waals surface area contributed by atoms with Crippen molar-refractivity contribution in [2.24, 2.45) is 0 Å². The van der Waals surface area contributed by atoms with Crippen molar-refractivity contribution in [1.29, 1.82) is 5.26 Å². The molecule has 0 aliphatic carbocycles.